The molecule has 0 aliphatic heterocycles. The summed E-state index contributed by atoms with van der Waals surface area (Å²) in [6.07, 6.45) is 3.61. The number of nitrogens with zero attached hydrogens (tertiary/aromatic N) is 4. The highest BCUT2D eigenvalue weighted by Gasteiger charge is 2.20. The lowest BCUT2D eigenvalue weighted by Gasteiger charge is -2.19. The maximum atomic E-state index is 12.4. The Morgan fingerprint density at radius 1 is 0.737 bits per heavy atom. The Hall–Kier alpha value is -3.62. The van der Waals surface area contributed by atoms with Crippen LogP contribution >= 0.6 is 0 Å². The van der Waals surface area contributed by atoms with Crippen molar-refractivity contribution in [2.24, 2.45) is 0 Å². The van der Waals surface area contributed by atoms with Crippen LogP contribution in [0.1, 0.15) is 37.3 Å². The van der Waals surface area contributed by atoms with Gasteiger partial charge < -0.3 is 9.47 Å². The fraction of sp³-hybridized carbons (Fsp3) is 0.400. The summed E-state index contributed by atoms with van der Waals surface area (Å²) in [4.78, 5) is 28.5. The Labute approximate surface area is 226 Å². The molecule has 2 atom stereocenters. The minimum absolute atomic E-state index is 0.0412. The highest BCUT2D eigenvalue weighted by atomic mass is 16.5. The zero-order chi connectivity index (χ0) is 28.6. The van der Waals surface area contributed by atoms with Crippen molar-refractivity contribution in [1.82, 2.24) is 18.9 Å². The van der Waals surface area contributed by atoms with E-state index in [-0.39, 0.29) is 23.9 Å². The first kappa shape index (κ1) is 30.6. The molecule has 8 heteroatoms. The molecular weight excluding hydrogens is 480 g/mol. The van der Waals surface area contributed by atoms with Crippen LogP contribution in [0.25, 0.3) is 21.8 Å². The molecule has 8 nitrogen and oxygen atoms in total. The van der Waals surface area contributed by atoms with E-state index in [1.807, 2.05) is 120 Å². The van der Waals surface area contributed by atoms with Crippen LogP contribution in [0.4, 0.5) is 0 Å². The van der Waals surface area contributed by atoms with E-state index in [0.717, 1.165) is 33.3 Å². The van der Waals surface area contributed by atoms with Gasteiger partial charge in [0.05, 0.1) is 37.3 Å². The topological polar surface area (TPSA) is 68.9 Å². The van der Waals surface area contributed by atoms with Crippen LogP contribution in [0.5, 0.6) is 11.5 Å². The van der Waals surface area contributed by atoms with Crippen LogP contribution in [-0.4, -0.2) is 85.2 Å². The molecule has 0 aliphatic carbocycles. The highest BCUT2D eigenvalue weighted by Crippen LogP contribution is 2.27. The molecule has 2 heterocycles. The number of likely N-dealkylation sites (N-methyl/N-ethyl adjacent to an activating group) is 2. The minimum Gasteiger partial charge on any atom is -0.497 e. The number of ether oxygens (including phenoxy) is 2. The minimum atomic E-state index is -0.175. The maximum Gasteiger partial charge on any atom is 0.248 e. The highest BCUT2D eigenvalue weighted by molar-refractivity contribution is 5.97. The Kier molecular flexibility index (Phi) is 11.1. The molecule has 38 heavy (non-hydrogen) atoms. The van der Waals surface area contributed by atoms with E-state index in [1.165, 1.54) is 0 Å². The second-order valence-corrected chi connectivity index (χ2v) is 9.15. The quantitative estimate of drug-likeness (QED) is 0.333. The number of aromatic nitrogens is 2. The summed E-state index contributed by atoms with van der Waals surface area (Å²) >= 11 is 0. The number of rotatable bonds is 6. The van der Waals surface area contributed by atoms with Crippen LogP contribution in [0.3, 0.4) is 0 Å². The molecule has 2 unspecified atom stereocenters. The molecule has 0 amide bonds. The number of fused-ring (bicyclic) bond motifs is 2. The van der Waals surface area contributed by atoms with E-state index < -0.39 is 0 Å². The van der Waals surface area contributed by atoms with Gasteiger partial charge in [0.15, 0.2) is 0 Å². The summed E-state index contributed by atoms with van der Waals surface area (Å²) < 4.78 is 13.9. The molecule has 2 aromatic heterocycles. The van der Waals surface area contributed by atoms with Crippen molar-refractivity contribution in [2.45, 2.75) is 39.8 Å². The van der Waals surface area contributed by atoms with Gasteiger partial charge in [0, 0.05) is 29.2 Å². The molecular formula is C30H42N4O4. The summed E-state index contributed by atoms with van der Waals surface area (Å²) in [7, 11) is 10.8. The fourth-order valence-electron chi connectivity index (χ4n) is 3.78. The summed E-state index contributed by atoms with van der Waals surface area (Å²) in [5.41, 5.74) is 1.71. The van der Waals surface area contributed by atoms with Crippen molar-refractivity contribution in [2.75, 3.05) is 42.4 Å². The van der Waals surface area contributed by atoms with Gasteiger partial charge in [-0.25, -0.2) is 0 Å². The number of carbonyl (C=O) groups excluding carboxylic acids is 2. The molecule has 0 bridgehead atoms. The zero-order valence-corrected chi connectivity index (χ0v) is 24.4. The van der Waals surface area contributed by atoms with Gasteiger partial charge in [-0.2, -0.15) is 0 Å². The molecule has 0 fully saturated rings. The summed E-state index contributed by atoms with van der Waals surface area (Å²) in [6, 6.07) is 15.0. The first-order valence-electron chi connectivity index (χ1n) is 12.8. The lowest BCUT2D eigenvalue weighted by Crippen LogP contribution is -2.36. The lowest BCUT2D eigenvalue weighted by atomic mass is 10.2. The molecule has 0 N–H and O–H groups in total. The summed E-state index contributed by atoms with van der Waals surface area (Å²) in [5.74, 6) is 1.58. The molecule has 206 valence electrons. The van der Waals surface area contributed by atoms with Gasteiger partial charge in [-0.3, -0.25) is 28.5 Å². The van der Waals surface area contributed by atoms with Crippen molar-refractivity contribution in [3.8, 4) is 11.5 Å². The van der Waals surface area contributed by atoms with Crippen molar-refractivity contribution in [3.05, 3.63) is 60.9 Å². The van der Waals surface area contributed by atoms with Crippen LogP contribution < -0.4 is 9.47 Å². The third kappa shape index (κ3) is 6.62. The Morgan fingerprint density at radius 2 is 1.29 bits per heavy atom. The largest absolute Gasteiger partial charge is 0.497 e. The van der Waals surface area contributed by atoms with E-state index in [0.29, 0.717) is 0 Å². The zero-order valence-electron chi connectivity index (χ0n) is 24.4. The van der Waals surface area contributed by atoms with E-state index in [9.17, 15) is 9.59 Å². The number of hydrogen-bond acceptors (Lipinski definition) is 6. The summed E-state index contributed by atoms with van der Waals surface area (Å²) in [5, 5.41) is 2.05. The van der Waals surface area contributed by atoms with Crippen LogP contribution in [0.15, 0.2) is 60.9 Å². The second kappa shape index (κ2) is 13.8. The Bertz CT molecular complexity index is 1350. The molecule has 0 aliphatic rings. The number of hydrogen-bond donors (Lipinski definition) is 0. The average molecular weight is 523 g/mol. The Balaban J connectivity index is 0.000000251. The standard InChI is InChI=1S/2C14H18N2O2.C2H6/c1-10(15(2)3)14(17)16-8-7-11-5-6-12(18-4)9-13(11)16;1-10(15(2)3)14(17)16-9-8-11-6-5-7-12(18-4)13(11)16;1-2/h2*5-10H,1-4H3;1-2H3. The number of carbonyl (C=O) groups is 2. The second-order valence-electron chi connectivity index (χ2n) is 9.15. The average Bonchev–Trinajstić information content (AvgIpc) is 3.56. The smallest absolute Gasteiger partial charge is 0.248 e. The molecule has 4 aromatic rings. The van der Waals surface area contributed by atoms with E-state index in [4.69, 9.17) is 9.47 Å². The normalized spacial score (nSPS) is 12.4. The number of benzene rings is 2. The van der Waals surface area contributed by atoms with E-state index >= 15 is 0 Å². The van der Waals surface area contributed by atoms with Crippen LogP contribution in [0, 0.1) is 0 Å². The van der Waals surface area contributed by atoms with Crippen LogP contribution in [-0.2, 0) is 0 Å². The molecule has 0 spiro atoms. The van der Waals surface area contributed by atoms with Crippen molar-refractivity contribution >= 4 is 33.6 Å². The predicted molar refractivity (Wildman–Crippen MR) is 156 cm³/mol. The SMILES string of the molecule is CC.COc1ccc2ccn(C(=O)C(C)N(C)C)c2c1.COc1cccc2ccn(C(=O)C(C)N(C)C)c12. The van der Waals surface area contributed by atoms with Gasteiger partial charge in [0.2, 0.25) is 11.8 Å². The van der Waals surface area contributed by atoms with E-state index in [2.05, 4.69) is 0 Å². The Morgan fingerprint density at radius 3 is 1.84 bits per heavy atom. The molecule has 2 aromatic carbocycles. The van der Waals surface area contributed by atoms with Gasteiger partial charge in [0.1, 0.15) is 11.5 Å². The molecule has 0 saturated heterocycles. The van der Waals surface area contributed by atoms with Crippen molar-refractivity contribution in [1.29, 1.82) is 0 Å². The molecule has 0 saturated carbocycles. The van der Waals surface area contributed by atoms with Gasteiger partial charge in [0.25, 0.3) is 0 Å². The van der Waals surface area contributed by atoms with Gasteiger partial charge >= 0.3 is 0 Å². The van der Waals surface area contributed by atoms with Gasteiger partial charge in [-0.1, -0.05) is 26.0 Å². The monoisotopic (exact) mass is 522 g/mol. The number of methoxy groups -OCH3 is 2. The van der Waals surface area contributed by atoms with E-state index in [1.54, 1.807) is 29.6 Å². The first-order valence-corrected chi connectivity index (χ1v) is 12.8. The maximum absolute atomic E-state index is 12.4. The first-order chi connectivity index (χ1) is 18.1. The van der Waals surface area contributed by atoms with Gasteiger partial charge in [-0.05, 0) is 72.4 Å². The fourth-order valence-corrected chi connectivity index (χ4v) is 3.78. The number of para-hydroxylation sites is 1. The third-order valence-electron chi connectivity index (χ3n) is 6.53. The van der Waals surface area contributed by atoms with Gasteiger partial charge in [-0.15, -0.1) is 0 Å². The van der Waals surface area contributed by atoms with Crippen molar-refractivity contribution < 1.29 is 19.1 Å². The van der Waals surface area contributed by atoms with Crippen molar-refractivity contribution in [3.63, 3.8) is 0 Å². The summed E-state index contributed by atoms with van der Waals surface area (Å²) in [6.45, 7) is 7.79. The lowest BCUT2D eigenvalue weighted by molar-refractivity contribution is 0.0801. The third-order valence-corrected chi connectivity index (χ3v) is 6.53. The molecule has 4 rings (SSSR count). The predicted octanol–water partition coefficient (Wildman–Crippen LogP) is 5.51. The van der Waals surface area contributed by atoms with Crippen LogP contribution in [0.2, 0.25) is 0 Å². The molecule has 0 radical (unpaired) electrons.